The molecule has 0 bridgehead atoms. The van der Waals surface area contributed by atoms with Crippen LogP contribution in [0.25, 0.3) is 10.2 Å². The molecule has 1 atom stereocenters. The van der Waals surface area contributed by atoms with Crippen LogP contribution in [0.4, 0.5) is 5.82 Å². The molecule has 1 fully saturated rings. The number of aromatic nitrogens is 2. The van der Waals surface area contributed by atoms with E-state index in [1.165, 1.54) is 0 Å². The lowest BCUT2D eigenvalue weighted by Gasteiger charge is -2.39. The molecule has 0 saturated carbocycles. The highest BCUT2D eigenvalue weighted by molar-refractivity contribution is 7.16. The molecule has 1 aliphatic heterocycles. The van der Waals surface area contributed by atoms with Crippen LogP contribution in [-0.4, -0.2) is 52.5 Å². The van der Waals surface area contributed by atoms with Gasteiger partial charge in [0.2, 0.25) is 5.91 Å². The molecule has 1 amide bonds. The van der Waals surface area contributed by atoms with E-state index in [9.17, 15) is 4.79 Å². The van der Waals surface area contributed by atoms with Crippen molar-refractivity contribution in [2.45, 2.75) is 32.2 Å². The molecule has 24 heavy (non-hydrogen) atoms. The van der Waals surface area contributed by atoms with Crippen molar-refractivity contribution in [1.82, 2.24) is 14.9 Å². The molecule has 1 saturated heterocycles. The van der Waals surface area contributed by atoms with Crippen LogP contribution in [0.1, 0.15) is 26.7 Å². The lowest BCUT2D eigenvalue weighted by Crippen LogP contribution is -2.58. The van der Waals surface area contributed by atoms with Gasteiger partial charge in [-0.05, 0) is 24.8 Å². The predicted molar refractivity (Wildman–Crippen MR) is 101 cm³/mol. The quantitative estimate of drug-likeness (QED) is 0.894. The number of rotatable bonds is 4. The van der Waals surface area contributed by atoms with E-state index in [-0.39, 0.29) is 18.3 Å². The van der Waals surface area contributed by atoms with Crippen molar-refractivity contribution in [2.75, 3.05) is 31.1 Å². The number of carbonyl (C=O) groups excluding carboxylic acids is 1. The van der Waals surface area contributed by atoms with Gasteiger partial charge in [0.1, 0.15) is 17.0 Å². The largest absolute Gasteiger partial charge is 0.352 e. The van der Waals surface area contributed by atoms with E-state index in [0.717, 1.165) is 35.5 Å². The van der Waals surface area contributed by atoms with Crippen LogP contribution in [0.2, 0.25) is 0 Å². The summed E-state index contributed by atoms with van der Waals surface area (Å²) in [6.45, 7) is 6.81. The van der Waals surface area contributed by atoms with Crippen LogP contribution in [-0.2, 0) is 4.79 Å². The molecule has 3 rings (SSSR count). The fourth-order valence-electron chi connectivity index (χ4n) is 3.14. The SMILES string of the molecule is CCCC(C)(N)C(=O)N1CCN(c2ncnc3sccc23)CC1.Cl. The van der Waals surface area contributed by atoms with Crippen LogP contribution < -0.4 is 10.6 Å². The zero-order chi connectivity index (χ0) is 16.4. The molecular weight excluding hydrogens is 346 g/mol. The number of piperazine rings is 1. The minimum Gasteiger partial charge on any atom is -0.352 e. The van der Waals surface area contributed by atoms with Crippen LogP contribution in [0.3, 0.4) is 0 Å². The predicted octanol–water partition coefficient (Wildman–Crippen LogP) is 2.28. The summed E-state index contributed by atoms with van der Waals surface area (Å²) in [4.78, 5) is 26.4. The van der Waals surface area contributed by atoms with E-state index in [1.807, 2.05) is 17.2 Å². The van der Waals surface area contributed by atoms with Gasteiger partial charge in [0, 0.05) is 26.2 Å². The third-order valence-corrected chi connectivity index (χ3v) is 5.19. The zero-order valence-corrected chi connectivity index (χ0v) is 15.7. The van der Waals surface area contributed by atoms with Crippen LogP contribution in [0.5, 0.6) is 0 Å². The van der Waals surface area contributed by atoms with Gasteiger partial charge in [-0.2, -0.15) is 0 Å². The maximum atomic E-state index is 12.6. The van der Waals surface area contributed by atoms with Gasteiger partial charge in [-0.1, -0.05) is 13.3 Å². The maximum absolute atomic E-state index is 12.6. The second kappa shape index (κ2) is 7.63. The lowest BCUT2D eigenvalue weighted by atomic mass is 9.95. The molecule has 0 spiro atoms. The molecule has 132 valence electrons. The van der Waals surface area contributed by atoms with Gasteiger partial charge in [-0.15, -0.1) is 23.7 Å². The molecule has 3 heterocycles. The average molecular weight is 370 g/mol. The average Bonchev–Trinajstić information content (AvgIpc) is 3.03. The highest BCUT2D eigenvalue weighted by Gasteiger charge is 2.33. The van der Waals surface area contributed by atoms with Gasteiger partial charge in [0.05, 0.1) is 10.9 Å². The Labute approximate surface area is 152 Å². The number of nitrogens with two attached hydrogens (primary N) is 1. The van der Waals surface area contributed by atoms with Gasteiger partial charge >= 0.3 is 0 Å². The number of nitrogens with zero attached hydrogens (tertiary/aromatic N) is 4. The molecule has 2 aromatic heterocycles. The summed E-state index contributed by atoms with van der Waals surface area (Å²) in [6.07, 6.45) is 3.24. The van der Waals surface area contributed by atoms with E-state index in [2.05, 4.69) is 27.9 Å². The first-order valence-corrected chi connectivity index (χ1v) is 8.92. The Morgan fingerprint density at radius 2 is 2.04 bits per heavy atom. The summed E-state index contributed by atoms with van der Waals surface area (Å²) < 4.78 is 0. The first-order chi connectivity index (χ1) is 11.0. The normalized spacial score (nSPS) is 17.5. The number of anilines is 1. The Hall–Kier alpha value is -1.44. The lowest BCUT2D eigenvalue weighted by molar-refractivity contribution is -0.137. The van der Waals surface area contributed by atoms with E-state index in [4.69, 9.17) is 5.73 Å². The topological polar surface area (TPSA) is 75.4 Å². The van der Waals surface area contributed by atoms with Gasteiger partial charge in [-0.3, -0.25) is 4.79 Å². The van der Waals surface area contributed by atoms with E-state index < -0.39 is 5.54 Å². The highest BCUT2D eigenvalue weighted by Crippen LogP contribution is 2.27. The fourth-order valence-corrected chi connectivity index (χ4v) is 3.87. The molecule has 0 aromatic carbocycles. The number of hydrogen-bond donors (Lipinski definition) is 1. The standard InChI is InChI=1S/C16H23N5OS.ClH/c1-3-5-16(2,17)15(22)21-8-6-20(7-9-21)13-12-4-10-23-14(12)19-11-18-13;/h4,10-11H,3,5-9,17H2,1-2H3;1H. The number of hydrogen-bond acceptors (Lipinski definition) is 6. The Morgan fingerprint density at radius 3 is 2.71 bits per heavy atom. The van der Waals surface area contributed by atoms with Crippen molar-refractivity contribution >= 4 is 45.7 Å². The molecule has 8 heteroatoms. The van der Waals surface area contributed by atoms with Crippen molar-refractivity contribution in [1.29, 1.82) is 0 Å². The smallest absolute Gasteiger partial charge is 0.242 e. The van der Waals surface area contributed by atoms with E-state index in [0.29, 0.717) is 19.5 Å². The summed E-state index contributed by atoms with van der Waals surface area (Å²) in [6, 6.07) is 2.06. The Kier molecular flexibility index (Phi) is 6.01. The van der Waals surface area contributed by atoms with Crippen molar-refractivity contribution in [3.8, 4) is 0 Å². The number of amides is 1. The van der Waals surface area contributed by atoms with Gasteiger partial charge < -0.3 is 15.5 Å². The highest BCUT2D eigenvalue weighted by atomic mass is 35.5. The summed E-state index contributed by atoms with van der Waals surface area (Å²) >= 11 is 1.62. The minimum absolute atomic E-state index is 0. The molecule has 6 nitrogen and oxygen atoms in total. The van der Waals surface area contributed by atoms with E-state index in [1.54, 1.807) is 17.7 Å². The molecule has 2 N–H and O–H groups in total. The van der Waals surface area contributed by atoms with Gasteiger partial charge in [0.15, 0.2) is 0 Å². The summed E-state index contributed by atoms with van der Waals surface area (Å²) in [7, 11) is 0. The third kappa shape index (κ3) is 3.63. The van der Waals surface area contributed by atoms with Crippen LogP contribution >= 0.6 is 23.7 Å². The van der Waals surface area contributed by atoms with E-state index >= 15 is 0 Å². The molecular formula is C16H24ClN5OS. The van der Waals surface area contributed by atoms with Crippen LogP contribution in [0, 0.1) is 0 Å². The molecule has 1 aliphatic rings. The second-order valence-electron chi connectivity index (χ2n) is 6.28. The first-order valence-electron chi connectivity index (χ1n) is 8.04. The first kappa shape index (κ1) is 18.9. The van der Waals surface area contributed by atoms with Crippen molar-refractivity contribution in [2.24, 2.45) is 5.73 Å². The summed E-state index contributed by atoms with van der Waals surface area (Å²) in [5.41, 5.74) is 5.43. The van der Waals surface area contributed by atoms with Gasteiger partial charge in [0.25, 0.3) is 0 Å². The Bertz CT molecular complexity index is 697. The Balaban J connectivity index is 0.00000208. The molecule has 0 radical (unpaired) electrons. The Morgan fingerprint density at radius 1 is 1.33 bits per heavy atom. The summed E-state index contributed by atoms with van der Waals surface area (Å²) in [5.74, 6) is 1.02. The fraction of sp³-hybridized carbons (Fsp3) is 0.562. The second-order valence-corrected chi connectivity index (χ2v) is 7.18. The van der Waals surface area contributed by atoms with Crippen LogP contribution in [0.15, 0.2) is 17.8 Å². The number of fused-ring (bicyclic) bond motifs is 1. The van der Waals surface area contributed by atoms with Gasteiger partial charge in [-0.25, -0.2) is 9.97 Å². The third-order valence-electron chi connectivity index (χ3n) is 4.37. The molecule has 1 unspecified atom stereocenters. The minimum atomic E-state index is -0.757. The monoisotopic (exact) mass is 369 g/mol. The van der Waals surface area contributed by atoms with Crippen molar-refractivity contribution in [3.63, 3.8) is 0 Å². The summed E-state index contributed by atoms with van der Waals surface area (Å²) in [5, 5.41) is 3.12. The van der Waals surface area contributed by atoms with Crippen molar-refractivity contribution in [3.05, 3.63) is 17.8 Å². The molecule has 2 aromatic rings. The number of halogens is 1. The molecule has 0 aliphatic carbocycles. The number of thiophene rings is 1. The van der Waals surface area contributed by atoms with Crippen molar-refractivity contribution < 1.29 is 4.79 Å². The number of carbonyl (C=O) groups is 1. The zero-order valence-electron chi connectivity index (χ0n) is 14.1. The maximum Gasteiger partial charge on any atom is 0.242 e.